The van der Waals surface area contributed by atoms with E-state index in [1.165, 1.54) is 6.07 Å². The number of halogens is 1. The third-order valence-electron chi connectivity index (χ3n) is 4.19. The maximum absolute atomic E-state index is 11.4. The number of aromatic carboxylic acids is 1. The Morgan fingerprint density at radius 3 is 2.70 bits per heavy atom. The number of nitro benzene ring substituents is 1. The standard InChI is InChI=1S/C13H13ClN2O4/c14-11-5-9(16(19)20)4-10(13(17)18)12(11)15-6-7-1-2-8(15)3-7/h4-5,7-8H,1-3,6H2,(H,17,18). The number of nitrogens with zero attached hydrogens (tertiary/aromatic N) is 2. The van der Waals surface area contributed by atoms with Gasteiger partial charge < -0.3 is 10.0 Å². The van der Waals surface area contributed by atoms with Crippen LogP contribution in [-0.4, -0.2) is 28.6 Å². The van der Waals surface area contributed by atoms with Crippen molar-refractivity contribution in [3.8, 4) is 0 Å². The first-order valence-corrected chi connectivity index (χ1v) is 6.83. The highest BCUT2D eigenvalue weighted by atomic mass is 35.5. The van der Waals surface area contributed by atoms with Crippen LogP contribution in [0.5, 0.6) is 0 Å². The maximum Gasteiger partial charge on any atom is 0.338 e. The third-order valence-corrected chi connectivity index (χ3v) is 4.47. The summed E-state index contributed by atoms with van der Waals surface area (Å²) in [5.74, 6) is -0.610. The molecule has 1 aromatic rings. The molecule has 1 aliphatic carbocycles. The molecule has 1 saturated heterocycles. The number of carboxylic acids is 1. The number of carboxylic acid groups (broad SMARTS) is 1. The number of benzene rings is 1. The van der Waals surface area contributed by atoms with Gasteiger partial charge in [-0.25, -0.2) is 4.79 Å². The van der Waals surface area contributed by atoms with Crippen molar-refractivity contribution in [1.82, 2.24) is 0 Å². The number of non-ortho nitro benzene ring substituents is 1. The summed E-state index contributed by atoms with van der Waals surface area (Å²) in [6.07, 6.45) is 3.23. The lowest BCUT2D eigenvalue weighted by Crippen LogP contribution is -2.33. The second kappa shape index (κ2) is 4.63. The number of piperidine rings is 1. The molecular weight excluding hydrogens is 284 g/mol. The van der Waals surface area contributed by atoms with Crippen LogP contribution in [0, 0.1) is 16.0 Å². The van der Waals surface area contributed by atoms with Crippen molar-refractivity contribution in [2.45, 2.75) is 25.3 Å². The lowest BCUT2D eigenvalue weighted by atomic mass is 10.1. The Bertz CT molecular complexity index is 604. The highest BCUT2D eigenvalue weighted by Crippen LogP contribution is 2.44. The molecule has 1 aliphatic heterocycles. The molecular formula is C13H13ClN2O4. The zero-order valence-corrected chi connectivity index (χ0v) is 11.3. The van der Waals surface area contributed by atoms with Gasteiger partial charge in [0.1, 0.15) is 0 Å². The second-order valence-corrected chi connectivity index (χ2v) is 5.78. The third kappa shape index (κ3) is 2.00. The summed E-state index contributed by atoms with van der Waals surface area (Å²) in [4.78, 5) is 23.6. The fraction of sp³-hybridized carbons (Fsp3) is 0.462. The minimum atomic E-state index is -1.19. The summed E-state index contributed by atoms with van der Waals surface area (Å²) in [6.45, 7) is 0.780. The lowest BCUT2D eigenvalue weighted by Gasteiger charge is -2.31. The Morgan fingerprint density at radius 1 is 1.45 bits per heavy atom. The summed E-state index contributed by atoms with van der Waals surface area (Å²) in [7, 11) is 0. The van der Waals surface area contributed by atoms with Gasteiger partial charge in [0.2, 0.25) is 0 Å². The molecule has 3 rings (SSSR count). The molecule has 2 atom stereocenters. The van der Waals surface area contributed by atoms with Gasteiger partial charge in [0.05, 0.1) is 21.2 Å². The lowest BCUT2D eigenvalue weighted by molar-refractivity contribution is -0.384. The van der Waals surface area contributed by atoms with E-state index in [1.807, 2.05) is 4.90 Å². The first-order chi connectivity index (χ1) is 9.47. The van der Waals surface area contributed by atoms with E-state index in [0.717, 1.165) is 31.9 Å². The van der Waals surface area contributed by atoms with Gasteiger partial charge in [-0.1, -0.05) is 11.6 Å². The average Bonchev–Trinajstić information content (AvgIpc) is 2.99. The molecule has 0 radical (unpaired) electrons. The van der Waals surface area contributed by atoms with Crippen LogP contribution in [0.4, 0.5) is 11.4 Å². The maximum atomic E-state index is 11.4. The van der Waals surface area contributed by atoms with E-state index in [-0.39, 0.29) is 16.3 Å². The Morgan fingerprint density at radius 2 is 2.20 bits per heavy atom. The Labute approximate surface area is 120 Å². The number of rotatable bonds is 3. The molecule has 2 unspecified atom stereocenters. The molecule has 1 N–H and O–H groups in total. The van der Waals surface area contributed by atoms with E-state index in [9.17, 15) is 20.0 Å². The Kier molecular flexibility index (Phi) is 3.05. The van der Waals surface area contributed by atoms with Gasteiger partial charge in [0.25, 0.3) is 5.69 Å². The second-order valence-electron chi connectivity index (χ2n) is 5.37. The summed E-state index contributed by atoms with van der Waals surface area (Å²) in [5, 5.41) is 20.3. The summed E-state index contributed by atoms with van der Waals surface area (Å²) < 4.78 is 0. The highest BCUT2D eigenvalue weighted by Gasteiger charge is 2.40. The van der Waals surface area contributed by atoms with E-state index in [2.05, 4.69) is 0 Å². The SMILES string of the molecule is O=C(O)c1cc([N+](=O)[O-])cc(Cl)c1N1CC2CCC1C2. The number of carbonyl (C=O) groups is 1. The molecule has 20 heavy (non-hydrogen) atoms. The quantitative estimate of drug-likeness (QED) is 0.685. The monoisotopic (exact) mass is 296 g/mol. The van der Waals surface area contributed by atoms with Crippen LogP contribution in [-0.2, 0) is 0 Å². The van der Waals surface area contributed by atoms with E-state index in [4.69, 9.17) is 11.6 Å². The fourth-order valence-corrected chi connectivity index (χ4v) is 3.67. The van der Waals surface area contributed by atoms with Gasteiger partial charge in [-0.15, -0.1) is 0 Å². The van der Waals surface area contributed by atoms with E-state index in [0.29, 0.717) is 17.6 Å². The molecule has 2 aliphatic rings. The number of hydrogen-bond donors (Lipinski definition) is 1. The van der Waals surface area contributed by atoms with Crippen molar-refractivity contribution in [2.75, 3.05) is 11.4 Å². The first kappa shape index (κ1) is 13.2. The van der Waals surface area contributed by atoms with Crippen LogP contribution >= 0.6 is 11.6 Å². The van der Waals surface area contributed by atoms with Gasteiger partial charge in [-0.2, -0.15) is 0 Å². The largest absolute Gasteiger partial charge is 0.478 e. The normalized spacial score (nSPS) is 24.1. The number of fused-ring (bicyclic) bond motifs is 2. The molecule has 0 amide bonds. The fourth-order valence-electron chi connectivity index (χ4n) is 3.34. The van der Waals surface area contributed by atoms with Crippen molar-refractivity contribution in [3.05, 3.63) is 32.8 Å². The molecule has 2 fully saturated rings. The molecule has 1 aromatic carbocycles. The van der Waals surface area contributed by atoms with Crippen LogP contribution in [0.3, 0.4) is 0 Å². The van der Waals surface area contributed by atoms with Crippen molar-refractivity contribution >= 4 is 28.9 Å². The van der Waals surface area contributed by atoms with Crippen molar-refractivity contribution < 1.29 is 14.8 Å². The zero-order chi connectivity index (χ0) is 14.4. The van der Waals surface area contributed by atoms with Gasteiger partial charge in [-0.3, -0.25) is 10.1 Å². The topological polar surface area (TPSA) is 83.7 Å². The summed E-state index contributed by atoms with van der Waals surface area (Å²) >= 11 is 6.13. The molecule has 0 spiro atoms. The minimum absolute atomic E-state index is 0.0863. The molecule has 0 aromatic heterocycles. The van der Waals surface area contributed by atoms with E-state index in [1.54, 1.807) is 0 Å². The smallest absolute Gasteiger partial charge is 0.338 e. The zero-order valence-electron chi connectivity index (χ0n) is 10.6. The van der Waals surface area contributed by atoms with Gasteiger partial charge in [0, 0.05) is 24.7 Å². The number of nitro groups is 1. The number of anilines is 1. The van der Waals surface area contributed by atoms with Crippen molar-refractivity contribution in [2.24, 2.45) is 5.92 Å². The van der Waals surface area contributed by atoms with Crippen LogP contribution in [0.25, 0.3) is 0 Å². The van der Waals surface area contributed by atoms with Crippen LogP contribution in [0.2, 0.25) is 5.02 Å². The van der Waals surface area contributed by atoms with Crippen molar-refractivity contribution in [3.63, 3.8) is 0 Å². The van der Waals surface area contributed by atoms with Gasteiger partial charge >= 0.3 is 5.97 Å². The molecule has 106 valence electrons. The van der Waals surface area contributed by atoms with Gasteiger partial charge in [0.15, 0.2) is 0 Å². The predicted octanol–water partition coefficient (Wildman–Crippen LogP) is 2.94. The van der Waals surface area contributed by atoms with Crippen molar-refractivity contribution in [1.29, 1.82) is 0 Å². The number of hydrogen-bond acceptors (Lipinski definition) is 4. The van der Waals surface area contributed by atoms with Crippen LogP contribution < -0.4 is 4.90 Å². The highest BCUT2D eigenvalue weighted by molar-refractivity contribution is 6.34. The molecule has 1 saturated carbocycles. The first-order valence-electron chi connectivity index (χ1n) is 6.45. The van der Waals surface area contributed by atoms with Crippen LogP contribution in [0.15, 0.2) is 12.1 Å². The van der Waals surface area contributed by atoms with E-state index >= 15 is 0 Å². The summed E-state index contributed by atoms with van der Waals surface area (Å²) in [5.41, 5.74) is 0.0502. The average molecular weight is 297 g/mol. The molecule has 7 heteroatoms. The Balaban J connectivity index is 2.10. The predicted molar refractivity (Wildman–Crippen MR) is 73.5 cm³/mol. The van der Waals surface area contributed by atoms with E-state index < -0.39 is 10.9 Å². The molecule has 2 bridgehead atoms. The van der Waals surface area contributed by atoms with Gasteiger partial charge in [-0.05, 0) is 25.2 Å². The van der Waals surface area contributed by atoms with Crippen LogP contribution in [0.1, 0.15) is 29.6 Å². The molecule has 6 nitrogen and oxygen atoms in total. The minimum Gasteiger partial charge on any atom is -0.478 e. The Hall–Kier alpha value is -1.82. The summed E-state index contributed by atoms with van der Waals surface area (Å²) in [6, 6.07) is 2.63. The molecule has 1 heterocycles.